The SMILES string of the molecule is CCCOCCOc1ccc([N+](=O)[O-])cc1CO. The van der Waals surface area contributed by atoms with E-state index in [0.29, 0.717) is 31.1 Å². The highest BCUT2D eigenvalue weighted by Gasteiger charge is 2.10. The summed E-state index contributed by atoms with van der Waals surface area (Å²) >= 11 is 0. The summed E-state index contributed by atoms with van der Waals surface area (Å²) in [4.78, 5) is 10.1. The van der Waals surface area contributed by atoms with E-state index in [2.05, 4.69) is 0 Å². The van der Waals surface area contributed by atoms with Gasteiger partial charge < -0.3 is 14.6 Å². The number of ether oxygens (including phenoxy) is 2. The molecule has 0 fully saturated rings. The standard InChI is InChI=1S/C12H17NO5/c1-2-5-17-6-7-18-12-4-3-11(13(15)16)8-10(12)9-14/h3-4,8,14H,2,5-7,9H2,1H3. The highest BCUT2D eigenvalue weighted by Crippen LogP contribution is 2.24. The monoisotopic (exact) mass is 255 g/mol. The molecule has 6 heteroatoms. The van der Waals surface area contributed by atoms with Crippen molar-refractivity contribution in [3.05, 3.63) is 33.9 Å². The zero-order chi connectivity index (χ0) is 13.4. The van der Waals surface area contributed by atoms with E-state index in [1.54, 1.807) is 0 Å². The molecule has 0 radical (unpaired) electrons. The van der Waals surface area contributed by atoms with Gasteiger partial charge in [0.05, 0.1) is 18.1 Å². The molecule has 100 valence electrons. The first-order chi connectivity index (χ1) is 8.69. The molecule has 1 rings (SSSR count). The van der Waals surface area contributed by atoms with Gasteiger partial charge in [0.15, 0.2) is 0 Å². The Kier molecular flexibility index (Phi) is 6.10. The van der Waals surface area contributed by atoms with Gasteiger partial charge in [-0.2, -0.15) is 0 Å². The summed E-state index contributed by atoms with van der Waals surface area (Å²) in [5.41, 5.74) is 0.341. The Bertz CT molecular complexity index is 394. The lowest BCUT2D eigenvalue weighted by Crippen LogP contribution is -2.08. The van der Waals surface area contributed by atoms with Gasteiger partial charge in [-0.25, -0.2) is 0 Å². The second kappa shape index (κ2) is 7.62. The molecule has 0 saturated heterocycles. The van der Waals surface area contributed by atoms with Crippen LogP contribution in [-0.4, -0.2) is 29.9 Å². The maximum atomic E-state index is 10.6. The smallest absolute Gasteiger partial charge is 0.270 e. The molecule has 0 atom stereocenters. The lowest BCUT2D eigenvalue weighted by Gasteiger charge is -2.10. The lowest BCUT2D eigenvalue weighted by atomic mass is 10.2. The molecule has 1 aromatic carbocycles. The fourth-order valence-electron chi connectivity index (χ4n) is 1.40. The summed E-state index contributed by atoms with van der Waals surface area (Å²) < 4.78 is 10.6. The number of non-ortho nitro benzene ring substituents is 1. The summed E-state index contributed by atoms with van der Waals surface area (Å²) in [5.74, 6) is 0.447. The van der Waals surface area contributed by atoms with Crippen molar-refractivity contribution in [1.29, 1.82) is 0 Å². The van der Waals surface area contributed by atoms with E-state index in [1.807, 2.05) is 6.92 Å². The van der Waals surface area contributed by atoms with Crippen LogP contribution in [0.15, 0.2) is 18.2 Å². The van der Waals surface area contributed by atoms with E-state index in [1.165, 1.54) is 18.2 Å². The van der Waals surface area contributed by atoms with Crippen molar-refractivity contribution in [3.8, 4) is 5.75 Å². The summed E-state index contributed by atoms with van der Waals surface area (Å²) in [5, 5.41) is 19.7. The van der Waals surface area contributed by atoms with Crippen molar-refractivity contribution in [2.75, 3.05) is 19.8 Å². The van der Waals surface area contributed by atoms with E-state index < -0.39 is 4.92 Å². The van der Waals surface area contributed by atoms with E-state index in [0.717, 1.165) is 6.42 Å². The van der Waals surface area contributed by atoms with Gasteiger partial charge in [0.25, 0.3) is 5.69 Å². The lowest BCUT2D eigenvalue weighted by molar-refractivity contribution is -0.385. The molecule has 0 amide bonds. The molecule has 0 aliphatic heterocycles. The van der Waals surface area contributed by atoms with Crippen LogP contribution in [-0.2, 0) is 11.3 Å². The van der Waals surface area contributed by atoms with Gasteiger partial charge in [-0.1, -0.05) is 6.92 Å². The predicted octanol–water partition coefficient (Wildman–Crippen LogP) is 1.89. The van der Waals surface area contributed by atoms with Crippen LogP contribution in [0.25, 0.3) is 0 Å². The quantitative estimate of drug-likeness (QED) is 0.436. The number of hydrogen-bond donors (Lipinski definition) is 1. The van der Waals surface area contributed by atoms with Crippen LogP contribution >= 0.6 is 0 Å². The normalized spacial score (nSPS) is 10.3. The van der Waals surface area contributed by atoms with Crippen LogP contribution in [0.1, 0.15) is 18.9 Å². The number of aliphatic hydroxyl groups is 1. The van der Waals surface area contributed by atoms with Crippen molar-refractivity contribution < 1.29 is 19.5 Å². The molecule has 1 aromatic rings. The van der Waals surface area contributed by atoms with Crippen LogP contribution in [0.5, 0.6) is 5.75 Å². The van der Waals surface area contributed by atoms with Crippen LogP contribution in [0.2, 0.25) is 0 Å². The summed E-state index contributed by atoms with van der Waals surface area (Å²) in [6.07, 6.45) is 0.944. The second-order valence-corrected chi connectivity index (χ2v) is 3.67. The van der Waals surface area contributed by atoms with Crippen LogP contribution in [0.4, 0.5) is 5.69 Å². The third-order valence-electron chi connectivity index (χ3n) is 2.26. The molecule has 6 nitrogen and oxygen atoms in total. The second-order valence-electron chi connectivity index (χ2n) is 3.67. The van der Waals surface area contributed by atoms with Crippen molar-refractivity contribution in [3.63, 3.8) is 0 Å². The fourth-order valence-corrected chi connectivity index (χ4v) is 1.40. The zero-order valence-electron chi connectivity index (χ0n) is 10.3. The van der Waals surface area contributed by atoms with Gasteiger partial charge in [-0.3, -0.25) is 10.1 Å². The number of aliphatic hydroxyl groups excluding tert-OH is 1. The van der Waals surface area contributed by atoms with Gasteiger partial charge in [0.2, 0.25) is 0 Å². The average molecular weight is 255 g/mol. The van der Waals surface area contributed by atoms with Crippen molar-refractivity contribution in [2.24, 2.45) is 0 Å². The van der Waals surface area contributed by atoms with E-state index >= 15 is 0 Å². The predicted molar refractivity (Wildman–Crippen MR) is 65.6 cm³/mol. The molecule has 0 aromatic heterocycles. The van der Waals surface area contributed by atoms with Gasteiger partial charge in [0.1, 0.15) is 12.4 Å². The minimum Gasteiger partial charge on any atom is -0.491 e. The van der Waals surface area contributed by atoms with E-state index in [4.69, 9.17) is 14.6 Å². The Morgan fingerprint density at radius 2 is 2.11 bits per heavy atom. The number of nitro groups is 1. The maximum absolute atomic E-state index is 10.6. The van der Waals surface area contributed by atoms with Crippen LogP contribution in [0, 0.1) is 10.1 Å². The molecule has 0 spiro atoms. The van der Waals surface area contributed by atoms with E-state index in [-0.39, 0.29) is 12.3 Å². The molecule has 0 heterocycles. The molecular weight excluding hydrogens is 238 g/mol. The summed E-state index contributed by atoms with van der Waals surface area (Å²) in [6.45, 7) is 3.20. The molecule has 18 heavy (non-hydrogen) atoms. The Morgan fingerprint density at radius 3 is 2.72 bits per heavy atom. The highest BCUT2D eigenvalue weighted by molar-refractivity contribution is 5.43. The summed E-state index contributed by atoms with van der Waals surface area (Å²) in [6, 6.07) is 4.15. The Balaban J connectivity index is 2.57. The van der Waals surface area contributed by atoms with Gasteiger partial charge in [-0.05, 0) is 12.5 Å². The topological polar surface area (TPSA) is 81.8 Å². The van der Waals surface area contributed by atoms with Gasteiger partial charge >= 0.3 is 0 Å². The summed E-state index contributed by atoms with van der Waals surface area (Å²) in [7, 11) is 0. The highest BCUT2D eigenvalue weighted by atomic mass is 16.6. The number of benzene rings is 1. The van der Waals surface area contributed by atoms with Crippen LogP contribution in [0.3, 0.4) is 0 Å². The first-order valence-corrected chi connectivity index (χ1v) is 5.77. The third-order valence-corrected chi connectivity index (χ3v) is 2.26. The first-order valence-electron chi connectivity index (χ1n) is 5.77. The number of nitro benzene ring substituents is 1. The Morgan fingerprint density at radius 1 is 1.33 bits per heavy atom. The van der Waals surface area contributed by atoms with E-state index in [9.17, 15) is 10.1 Å². The molecular formula is C12H17NO5. The molecule has 0 aliphatic rings. The largest absolute Gasteiger partial charge is 0.491 e. The molecule has 0 aliphatic carbocycles. The zero-order valence-corrected chi connectivity index (χ0v) is 10.3. The molecule has 0 bridgehead atoms. The third kappa shape index (κ3) is 4.31. The van der Waals surface area contributed by atoms with Crippen LogP contribution < -0.4 is 4.74 Å². The number of nitrogens with zero attached hydrogens (tertiary/aromatic N) is 1. The Labute approximate surface area is 105 Å². The fraction of sp³-hybridized carbons (Fsp3) is 0.500. The molecule has 1 N–H and O–H groups in total. The van der Waals surface area contributed by atoms with Crippen molar-refractivity contribution in [2.45, 2.75) is 20.0 Å². The average Bonchev–Trinajstić information content (AvgIpc) is 2.38. The number of hydrogen-bond acceptors (Lipinski definition) is 5. The Hall–Kier alpha value is -1.66. The molecule has 0 unspecified atom stereocenters. The maximum Gasteiger partial charge on any atom is 0.270 e. The van der Waals surface area contributed by atoms with Crippen molar-refractivity contribution in [1.82, 2.24) is 0 Å². The minimum atomic E-state index is -0.507. The van der Waals surface area contributed by atoms with Gasteiger partial charge in [-0.15, -0.1) is 0 Å². The number of rotatable bonds is 8. The minimum absolute atomic E-state index is 0.0615. The van der Waals surface area contributed by atoms with Gasteiger partial charge in [0, 0.05) is 24.3 Å². The van der Waals surface area contributed by atoms with Crippen molar-refractivity contribution >= 4 is 5.69 Å². The first kappa shape index (κ1) is 14.4. The molecule has 0 saturated carbocycles.